The largest absolute Gasteiger partial charge is 0.455 e. The zero-order valence-corrected chi connectivity index (χ0v) is 13.4. The summed E-state index contributed by atoms with van der Waals surface area (Å²) in [5, 5.41) is 3.00. The van der Waals surface area contributed by atoms with E-state index in [4.69, 9.17) is 4.74 Å². The highest BCUT2D eigenvalue weighted by Gasteiger charge is 2.28. The van der Waals surface area contributed by atoms with Gasteiger partial charge in [0.25, 0.3) is 5.91 Å². The predicted octanol–water partition coefficient (Wildman–Crippen LogP) is 2.71. The van der Waals surface area contributed by atoms with Crippen LogP contribution in [-0.4, -0.2) is 24.5 Å². The lowest BCUT2D eigenvalue weighted by molar-refractivity contribution is -0.148. The third-order valence-corrected chi connectivity index (χ3v) is 4.61. The number of hydrogen-bond acceptors (Lipinski definition) is 3. The van der Waals surface area contributed by atoms with E-state index in [1.54, 1.807) is 0 Å². The molecule has 1 saturated carbocycles. The van der Waals surface area contributed by atoms with E-state index in [1.165, 1.54) is 6.42 Å². The van der Waals surface area contributed by atoms with Gasteiger partial charge in [-0.1, -0.05) is 57.0 Å². The van der Waals surface area contributed by atoms with Crippen molar-refractivity contribution in [1.29, 1.82) is 0 Å². The third-order valence-electron chi connectivity index (χ3n) is 4.61. The molecule has 1 aliphatic rings. The molecule has 4 nitrogen and oxygen atoms in total. The number of hydrogen-bond donors (Lipinski definition) is 1. The molecule has 0 bridgehead atoms. The molecule has 0 saturated heterocycles. The maximum Gasteiger partial charge on any atom is 0.310 e. The summed E-state index contributed by atoms with van der Waals surface area (Å²) in [7, 11) is 0. The van der Waals surface area contributed by atoms with Gasteiger partial charge >= 0.3 is 5.97 Å². The van der Waals surface area contributed by atoms with Gasteiger partial charge in [0.05, 0.1) is 6.42 Å². The predicted molar refractivity (Wildman–Crippen MR) is 85.2 cm³/mol. The van der Waals surface area contributed by atoms with E-state index in [0.717, 1.165) is 18.4 Å². The number of benzene rings is 1. The molecule has 1 amide bonds. The van der Waals surface area contributed by atoms with Gasteiger partial charge in [-0.25, -0.2) is 0 Å². The molecule has 1 aromatic rings. The first-order chi connectivity index (χ1) is 10.6. The van der Waals surface area contributed by atoms with Gasteiger partial charge in [0.1, 0.15) is 0 Å². The van der Waals surface area contributed by atoms with Crippen molar-refractivity contribution >= 4 is 11.9 Å². The molecule has 0 unspecified atom stereocenters. The summed E-state index contributed by atoms with van der Waals surface area (Å²) in [6.07, 6.45) is 3.57. The van der Waals surface area contributed by atoms with Crippen LogP contribution < -0.4 is 5.32 Å². The molecule has 0 heterocycles. The zero-order chi connectivity index (χ0) is 15.9. The van der Waals surface area contributed by atoms with Crippen LogP contribution in [0.2, 0.25) is 0 Å². The van der Waals surface area contributed by atoms with Crippen LogP contribution in [0.3, 0.4) is 0 Å². The Morgan fingerprint density at radius 2 is 1.91 bits per heavy atom. The molecule has 1 aliphatic carbocycles. The quantitative estimate of drug-likeness (QED) is 0.851. The lowest BCUT2D eigenvalue weighted by atomic mass is 9.78. The normalized spacial score (nSPS) is 24.5. The van der Waals surface area contributed by atoms with Crippen LogP contribution >= 0.6 is 0 Å². The van der Waals surface area contributed by atoms with Crippen molar-refractivity contribution in [3.63, 3.8) is 0 Å². The van der Waals surface area contributed by atoms with Crippen molar-refractivity contribution in [3.8, 4) is 0 Å². The van der Waals surface area contributed by atoms with Gasteiger partial charge in [0, 0.05) is 6.04 Å². The minimum absolute atomic E-state index is 0.191. The number of carbonyl (C=O) groups is 2. The van der Waals surface area contributed by atoms with E-state index in [9.17, 15) is 9.59 Å². The molecule has 120 valence electrons. The molecule has 2 rings (SSSR count). The molecular weight excluding hydrogens is 278 g/mol. The van der Waals surface area contributed by atoms with Gasteiger partial charge in [-0.15, -0.1) is 0 Å². The summed E-state index contributed by atoms with van der Waals surface area (Å²) in [5.74, 6) is 0.524. The first-order valence-corrected chi connectivity index (χ1v) is 8.05. The lowest BCUT2D eigenvalue weighted by Crippen LogP contribution is -2.45. The van der Waals surface area contributed by atoms with Crippen LogP contribution in [0.25, 0.3) is 0 Å². The van der Waals surface area contributed by atoms with Gasteiger partial charge in [0.15, 0.2) is 6.61 Å². The average molecular weight is 303 g/mol. The van der Waals surface area contributed by atoms with Crippen LogP contribution in [0.1, 0.15) is 38.7 Å². The van der Waals surface area contributed by atoms with E-state index < -0.39 is 0 Å². The molecule has 0 radical (unpaired) electrons. The van der Waals surface area contributed by atoms with E-state index in [-0.39, 0.29) is 30.9 Å². The molecule has 1 aromatic carbocycles. The fraction of sp³-hybridized carbons (Fsp3) is 0.556. The molecule has 1 fully saturated rings. The van der Waals surface area contributed by atoms with Gasteiger partial charge < -0.3 is 10.1 Å². The average Bonchev–Trinajstić information content (AvgIpc) is 2.51. The smallest absolute Gasteiger partial charge is 0.310 e. The summed E-state index contributed by atoms with van der Waals surface area (Å²) in [5.41, 5.74) is 0.891. The van der Waals surface area contributed by atoms with Crippen molar-refractivity contribution in [2.45, 2.75) is 45.6 Å². The highest BCUT2D eigenvalue weighted by atomic mass is 16.5. The van der Waals surface area contributed by atoms with Crippen molar-refractivity contribution in [3.05, 3.63) is 35.9 Å². The number of nitrogens with one attached hydrogen (secondary N) is 1. The second kappa shape index (κ2) is 7.97. The molecule has 22 heavy (non-hydrogen) atoms. The molecule has 0 aromatic heterocycles. The highest BCUT2D eigenvalue weighted by molar-refractivity contribution is 5.81. The Morgan fingerprint density at radius 1 is 1.18 bits per heavy atom. The van der Waals surface area contributed by atoms with E-state index >= 15 is 0 Å². The topological polar surface area (TPSA) is 55.4 Å². The van der Waals surface area contributed by atoms with Crippen molar-refractivity contribution in [2.24, 2.45) is 11.8 Å². The lowest BCUT2D eigenvalue weighted by Gasteiger charge is -2.34. The summed E-state index contributed by atoms with van der Waals surface area (Å²) in [4.78, 5) is 23.7. The standard InChI is InChI=1S/C18H25NO3/c1-13-7-6-10-16(14(13)2)19-17(20)12-22-18(21)11-15-8-4-3-5-9-15/h3-5,8-9,13-14,16H,6-7,10-12H2,1-2H3,(H,19,20)/t13-,14+,16-/m1/s1. The Kier molecular flexibility index (Phi) is 5.99. The second-order valence-electron chi connectivity index (χ2n) is 6.26. The molecule has 0 spiro atoms. The maximum atomic E-state index is 11.9. The number of amides is 1. The van der Waals surface area contributed by atoms with E-state index in [2.05, 4.69) is 19.2 Å². The van der Waals surface area contributed by atoms with Crippen LogP contribution in [0.5, 0.6) is 0 Å². The first kappa shape index (κ1) is 16.5. The van der Waals surface area contributed by atoms with Crippen LogP contribution in [-0.2, 0) is 20.7 Å². The monoisotopic (exact) mass is 303 g/mol. The third kappa shape index (κ3) is 4.86. The van der Waals surface area contributed by atoms with Gasteiger partial charge in [-0.3, -0.25) is 9.59 Å². The highest BCUT2D eigenvalue weighted by Crippen LogP contribution is 2.29. The van der Waals surface area contributed by atoms with E-state index in [1.807, 2.05) is 30.3 Å². The molecule has 0 aliphatic heterocycles. The van der Waals surface area contributed by atoms with Crippen molar-refractivity contribution in [1.82, 2.24) is 5.32 Å². The number of esters is 1. The molecule has 3 atom stereocenters. The Morgan fingerprint density at radius 3 is 2.64 bits per heavy atom. The molecule has 4 heteroatoms. The zero-order valence-electron chi connectivity index (χ0n) is 13.4. The SMILES string of the molecule is C[C@H]1[C@H](C)CCC[C@H]1NC(=O)COC(=O)Cc1ccccc1. The maximum absolute atomic E-state index is 11.9. The minimum atomic E-state index is -0.369. The van der Waals surface area contributed by atoms with Crippen LogP contribution in [0, 0.1) is 11.8 Å². The summed E-state index contributed by atoms with van der Waals surface area (Å²) >= 11 is 0. The number of ether oxygens (including phenoxy) is 1. The number of carbonyl (C=O) groups excluding carboxylic acids is 2. The molecule has 1 N–H and O–H groups in total. The Balaban J connectivity index is 1.72. The summed E-state index contributed by atoms with van der Waals surface area (Å²) in [6.45, 7) is 4.21. The Hall–Kier alpha value is -1.84. The molecular formula is C18H25NO3. The van der Waals surface area contributed by atoms with Crippen molar-refractivity contribution < 1.29 is 14.3 Å². The fourth-order valence-corrected chi connectivity index (χ4v) is 2.99. The van der Waals surface area contributed by atoms with E-state index in [0.29, 0.717) is 11.8 Å². The fourth-order valence-electron chi connectivity index (χ4n) is 2.99. The van der Waals surface area contributed by atoms with Gasteiger partial charge in [-0.05, 0) is 23.8 Å². The minimum Gasteiger partial charge on any atom is -0.455 e. The van der Waals surface area contributed by atoms with Gasteiger partial charge in [-0.2, -0.15) is 0 Å². The van der Waals surface area contributed by atoms with Crippen molar-refractivity contribution in [2.75, 3.05) is 6.61 Å². The summed E-state index contributed by atoms with van der Waals surface area (Å²) in [6, 6.07) is 9.58. The Bertz CT molecular complexity index is 500. The second-order valence-corrected chi connectivity index (χ2v) is 6.26. The first-order valence-electron chi connectivity index (χ1n) is 8.05. The van der Waals surface area contributed by atoms with Crippen LogP contribution in [0.15, 0.2) is 30.3 Å². The van der Waals surface area contributed by atoms with Crippen LogP contribution in [0.4, 0.5) is 0 Å². The number of rotatable bonds is 5. The Labute approximate surface area is 132 Å². The van der Waals surface area contributed by atoms with Gasteiger partial charge in [0.2, 0.25) is 0 Å². The summed E-state index contributed by atoms with van der Waals surface area (Å²) < 4.78 is 5.06.